The third kappa shape index (κ3) is 2.53. The van der Waals surface area contributed by atoms with Crippen LogP contribution in [0.4, 0.5) is 0 Å². The highest BCUT2D eigenvalue weighted by Gasteiger charge is 2.25. The zero-order chi connectivity index (χ0) is 14.8. The maximum atomic E-state index is 11.4. The molecule has 2 aromatic rings. The fraction of sp³-hybridized carbons (Fsp3) is 0.538. The number of rotatable bonds is 4. The molecule has 1 unspecified atom stereocenters. The smallest absolute Gasteiger partial charge is 0.245 e. The molecule has 0 spiro atoms. The van der Waals surface area contributed by atoms with Gasteiger partial charge in [0, 0.05) is 25.3 Å². The van der Waals surface area contributed by atoms with Crippen molar-refractivity contribution < 1.29 is 9.53 Å². The van der Waals surface area contributed by atoms with Gasteiger partial charge in [-0.15, -0.1) is 11.6 Å². The van der Waals surface area contributed by atoms with Crippen molar-refractivity contribution in [3.8, 4) is 5.88 Å². The lowest BCUT2D eigenvalue weighted by Crippen LogP contribution is -2.36. The Hall–Kier alpha value is -1.89. The first-order chi connectivity index (χ1) is 10.2. The summed E-state index contributed by atoms with van der Waals surface area (Å²) in [4.78, 5) is 24.4. The van der Waals surface area contributed by atoms with Gasteiger partial charge >= 0.3 is 0 Å². The van der Waals surface area contributed by atoms with E-state index in [1.165, 1.54) is 6.33 Å². The average Bonchev–Trinajstić information content (AvgIpc) is 2.86. The van der Waals surface area contributed by atoms with E-state index in [2.05, 4.69) is 24.8 Å². The van der Waals surface area contributed by atoms with E-state index in [9.17, 15) is 4.79 Å². The maximum absolute atomic E-state index is 11.4. The van der Waals surface area contributed by atoms with Crippen LogP contribution in [0.3, 0.4) is 0 Å². The second-order valence-corrected chi connectivity index (χ2v) is 5.27. The highest BCUT2D eigenvalue weighted by atomic mass is 35.5. The first-order valence-electron chi connectivity index (χ1n) is 6.83. The summed E-state index contributed by atoms with van der Waals surface area (Å²) in [7, 11) is 1.56. The largest absolute Gasteiger partial charge is 0.479 e. The molecule has 112 valence electrons. The van der Waals surface area contributed by atoms with Crippen LogP contribution in [0, 0.1) is 0 Å². The van der Waals surface area contributed by atoms with E-state index in [0.717, 1.165) is 17.9 Å². The molecule has 2 aromatic heterocycles. The molecule has 1 fully saturated rings. The summed E-state index contributed by atoms with van der Waals surface area (Å²) in [5.74, 6) is 1.86. The van der Waals surface area contributed by atoms with Crippen molar-refractivity contribution in [1.82, 2.24) is 24.8 Å². The van der Waals surface area contributed by atoms with Gasteiger partial charge in [0.1, 0.15) is 12.2 Å². The normalized spacial score (nSPS) is 18.8. The second kappa shape index (κ2) is 5.85. The topological polar surface area (TPSA) is 81.9 Å². The SMILES string of the molecule is COc1ncnc2c1nc(CCCl)n2C1CCC(=O)NC1. The van der Waals surface area contributed by atoms with Crippen molar-refractivity contribution in [3.63, 3.8) is 0 Å². The molecule has 1 N–H and O–H groups in total. The lowest BCUT2D eigenvalue weighted by atomic mass is 10.1. The van der Waals surface area contributed by atoms with E-state index >= 15 is 0 Å². The minimum absolute atomic E-state index is 0.0850. The van der Waals surface area contributed by atoms with Crippen molar-refractivity contribution in [1.29, 1.82) is 0 Å². The van der Waals surface area contributed by atoms with E-state index < -0.39 is 0 Å². The minimum Gasteiger partial charge on any atom is -0.479 e. The number of hydrogen-bond acceptors (Lipinski definition) is 5. The van der Waals surface area contributed by atoms with Gasteiger partial charge in [0.05, 0.1) is 13.2 Å². The van der Waals surface area contributed by atoms with Gasteiger partial charge in [0.2, 0.25) is 11.8 Å². The number of methoxy groups -OCH3 is 1. The number of alkyl halides is 1. The highest BCUT2D eigenvalue weighted by molar-refractivity contribution is 6.17. The number of carbonyl (C=O) groups excluding carboxylic acids is 1. The van der Waals surface area contributed by atoms with Gasteiger partial charge in [-0.2, -0.15) is 4.98 Å². The van der Waals surface area contributed by atoms with Gasteiger partial charge in [-0.1, -0.05) is 0 Å². The maximum Gasteiger partial charge on any atom is 0.245 e. The van der Waals surface area contributed by atoms with Crippen molar-refractivity contribution in [2.75, 3.05) is 19.5 Å². The van der Waals surface area contributed by atoms with Crippen LogP contribution in [0.5, 0.6) is 5.88 Å². The van der Waals surface area contributed by atoms with Crippen molar-refractivity contribution >= 4 is 28.7 Å². The number of aryl methyl sites for hydroxylation is 1. The number of halogens is 1. The Kier molecular flexibility index (Phi) is 3.92. The molecule has 0 aromatic carbocycles. The molecule has 0 bridgehead atoms. The molecule has 1 saturated heterocycles. The molecule has 1 aliphatic heterocycles. The number of amides is 1. The molecule has 0 saturated carbocycles. The van der Waals surface area contributed by atoms with Gasteiger partial charge in [0.15, 0.2) is 11.2 Å². The third-order valence-corrected chi connectivity index (χ3v) is 3.82. The van der Waals surface area contributed by atoms with Crippen LogP contribution in [0.1, 0.15) is 24.7 Å². The average molecular weight is 310 g/mol. The molecule has 1 atom stereocenters. The fourth-order valence-corrected chi connectivity index (χ4v) is 2.84. The number of hydrogen-bond donors (Lipinski definition) is 1. The number of nitrogens with zero attached hydrogens (tertiary/aromatic N) is 4. The molecule has 8 heteroatoms. The summed E-state index contributed by atoms with van der Waals surface area (Å²) in [6.07, 6.45) is 3.36. The van der Waals surface area contributed by atoms with Crippen LogP contribution >= 0.6 is 11.6 Å². The van der Waals surface area contributed by atoms with Crippen LogP contribution in [0.15, 0.2) is 6.33 Å². The number of imidazole rings is 1. The quantitative estimate of drug-likeness (QED) is 0.854. The van der Waals surface area contributed by atoms with Crippen molar-refractivity contribution in [2.45, 2.75) is 25.3 Å². The van der Waals surface area contributed by atoms with Gasteiger partial charge in [-0.3, -0.25) is 4.79 Å². The van der Waals surface area contributed by atoms with Crippen LogP contribution < -0.4 is 10.1 Å². The van der Waals surface area contributed by atoms with Gasteiger partial charge < -0.3 is 14.6 Å². The predicted molar refractivity (Wildman–Crippen MR) is 77.6 cm³/mol. The summed E-state index contributed by atoms with van der Waals surface area (Å²) in [5, 5.41) is 2.89. The van der Waals surface area contributed by atoms with E-state index in [0.29, 0.717) is 36.7 Å². The Morgan fingerprint density at radius 1 is 1.52 bits per heavy atom. The van der Waals surface area contributed by atoms with E-state index in [-0.39, 0.29) is 11.9 Å². The Labute approximate surface area is 126 Å². The number of ether oxygens (including phenoxy) is 1. The highest BCUT2D eigenvalue weighted by Crippen LogP contribution is 2.28. The van der Waals surface area contributed by atoms with Gasteiger partial charge in [0.25, 0.3) is 0 Å². The van der Waals surface area contributed by atoms with Crippen LogP contribution in [0.2, 0.25) is 0 Å². The lowest BCUT2D eigenvalue weighted by Gasteiger charge is -2.25. The first kappa shape index (κ1) is 14.1. The number of fused-ring (bicyclic) bond motifs is 1. The predicted octanol–water partition coefficient (Wildman–Crippen LogP) is 1.07. The van der Waals surface area contributed by atoms with Gasteiger partial charge in [-0.05, 0) is 6.42 Å². The Balaban J connectivity index is 2.10. The standard InChI is InChI=1S/C13H16ClN5O2/c1-21-13-11-12(16-7-17-13)19(9(18-11)4-5-14)8-2-3-10(20)15-6-8/h7-8H,2-6H2,1H3,(H,15,20). The second-order valence-electron chi connectivity index (χ2n) is 4.89. The molecule has 1 aliphatic rings. The molecule has 3 heterocycles. The van der Waals surface area contributed by atoms with Gasteiger partial charge in [-0.25, -0.2) is 9.97 Å². The summed E-state index contributed by atoms with van der Waals surface area (Å²) in [6, 6.07) is 0.130. The number of piperidine rings is 1. The van der Waals surface area contributed by atoms with E-state index in [4.69, 9.17) is 16.3 Å². The Morgan fingerprint density at radius 3 is 3.05 bits per heavy atom. The molecule has 7 nitrogen and oxygen atoms in total. The van der Waals surface area contributed by atoms with E-state index in [1.807, 2.05) is 0 Å². The molecule has 3 rings (SSSR count). The van der Waals surface area contributed by atoms with Crippen LogP contribution in [-0.2, 0) is 11.2 Å². The third-order valence-electron chi connectivity index (χ3n) is 3.63. The summed E-state index contributed by atoms with van der Waals surface area (Å²) in [5.41, 5.74) is 1.36. The summed E-state index contributed by atoms with van der Waals surface area (Å²) >= 11 is 5.88. The molecule has 21 heavy (non-hydrogen) atoms. The molecule has 1 amide bonds. The molecule has 0 radical (unpaired) electrons. The molecule has 0 aliphatic carbocycles. The lowest BCUT2D eigenvalue weighted by molar-refractivity contribution is -0.122. The monoisotopic (exact) mass is 309 g/mol. The minimum atomic E-state index is 0.0850. The summed E-state index contributed by atoms with van der Waals surface area (Å²) < 4.78 is 7.31. The zero-order valence-corrected chi connectivity index (χ0v) is 12.4. The van der Waals surface area contributed by atoms with E-state index in [1.54, 1.807) is 7.11 Å². The number of aromatic nitrogens is 4. The van der Waals surface area contributed by atoms with Crippen molar-refractivity contribution in [2.24, 2.45) is 0 Å². The molecular weight excluding hydrogens is 294 g/mol. The van der Waals surface area contributed by atoms with Crippen LogP contribution in [-0.4, -0.2) is 45.0 Å². The molecular formula is C13H16ClN5O2. The Bertz CT molecular complexity index is 662. The first-order valence-corrected chi connectivity index (χ1v) is 7.36. The number of nitrogens with one attached hydrogen (secondary N) is 1. The Morgan fingerprint density at radius 2 is 2.38 bits per heavy atom. The summed E-state index contributed by atoms with van der Waals surface area (Å²) in [6.45, 7) is 0.575. The fourth-order valence-electron chi connectivity index (χ4n) is 2.67. The van der Waals surface area contributed by atoms with Crippen LogP contribution in [0.25, 0.3) is 11.2 Å². The number of carbonyl (C=O) groups is 1. The van der Waals surface area contributed by atoms with Crippen molar-refractivity contribution in [3.05, 3.63) is 12.2 Å². The zero-order valence-electron chi connectivity index (χ0n) is 11.7.